The maximum atomic E-state index is 13.4. The number of hydrogen-bond donors (Lipinski definition) is 1. The fourth-order valence-electron chi connectivity index (χ4n) is 1.43. The van der Waals surface area contributed by atoms with Gasteiger partial charge in [0.25, 0.3) is 0 Å². The smallest absolute Gasteiger partial charge is 0.307 e. The van der Waals surface area contributed by atoms with Crippen molar-refractivity contribution >= 4 is 17.3 Å². The normalized spacial score (nSPS) is 10.0. The van der Waals surface area contributed by atoms with E-state index in [2.05, 4.69) is 15.3 Å². The Labute approximate surface area is 107 Å². The number of nitro benzene ring substituents is 1. The van der Waals surface area contributed by atoms with E-state index < -0.39 is 16.4 Å². The van der Waals surface area contributed by atoms with Crippen LogP contribution in [0.3, 0.4) is 0 Å². The Morgan fingerprint density at radius 1 is 1.37 bits per heavy atom. The molecule has 0 saturated heterocycles. The first-order chi connectivity index (χ1) is 9.11. The molecule has 0 spiro atoms. The van der Waals surface area contributed by atoms with Gasteiger partial charge in [-0.3, -0.25) is 10.1 Å². The summed E-state index contributed by atoms with van der Waals surface area (Å²) < 4.78 is 18.4. The van der Waals surface area contributed by atoms with Crippen LogP contribution in [-0.2, 0) is 0 Å². The number of benzene rings is 1. The van der Waals surface area contributed by atoms with Gasteiger partial charge in [0.05, 0.1) is 17.7 Å². The van der Waals surface area contributed by atoms with Gasteiger partial charge in [0, 0.05) is 24.5 Å². The number of halogens is 1. The van der Waals surface area contributed by atoms with Crippen molar-refractivity contribution in [3.05, 3.63) is 46.5 Å². The van der Waals surface area contributed by atoms with Crippen molar-refractivity contribution < 1.29 is 14.1 Å². The third-order valence-corrected chi connectivity index (χ3v) is 2.28. The predicted molar refractivity (Wildman–Crippen MR) is 64.9 cm³/mol. The number of methoxy groups -OCH3 is 1. The molecule has 0 aliphatic rings. The molecule has 7 nitrogen and oxygen atoms in total. The summed E-state index contributed by atoms with van der Waals surface area (Å²) in [6, 6.07) is 3.59. The van der Waals surface area contributed by atoms with Gasteiger partial charge < -0.3 is 10.1 Å². The molecule has 0 amide bonds. The average molecular weight is 264 g/mol. The Kier molecular flexibility index (Phi) is 3.51. The van der Waals surface area contributed by atoms with E-state index >= 15 is 0 Å². The lowest BCUT2D eigenvalue weighted by atomic mass is 10.2. The zero-order valence-electron chi connectivity index (χ0n) is 9.83. The lowest BCUT2D eigenvalue weighted by Crippen LogP contribution is -2.01. The molecule has 0 saturated carbocycles. The van der Waals surface area contributed by atoms with E-state index in [0.717, 1.165) is 12.1 Å². The van der Waals surface area contributed by atoms with E-state index in [0.29, 0.717) is 0 Å². The van der Waals surface area contributed by atoms with Crippen LogP contribution in [0.5, 0.6) is 5.75 Å². The molecule has 8 heteroatoms. The molecule has 0 aliphatic carbocycles. The van der Waals surface area contributed by atoms with Crippen LogP contribution in [0, 0.1) is 15.9 Å². The number of ether oxygens (including phenoxy) is 1. The largest absolute Gasteiger partial charge is 0.494 e. The van der Waals surface area contributed by atoms with Crippen LogP contribution in [0.15, 0.2) is 30.6 Å². The van der Waals surface area contributed by atoms with E-state index in [1.165, 1.54) is 19.5 Å². The molecule has 1 N–H and O–H groups in total. The zero-order chi connectivity index (χ0) is 13.8. The minimum Gasteiger partial charge on any atom is -0.494 e. The second-order valence-electron chi connectivity index (χ2n) is 3.46. The first kappa shape index (κ1) is 12.7. The summed E-state index contributed by atoms with van der Waals surface area (Å²) in [5, 5.41) is 13.4. The lowest BCUT2D eigenvalue weighted by molar-refractivity contribution is -0.387. The highest BCUT2D eigenvalue weighted by molar-refractivity contribution is 5.66. The summed E-state index contributed by atoms with van der Waals surface area (Å²) in [7, 11) is 1.33. The van der Waals surface area contributed by atoms with Gasteiger partial charge in [0.2, 0.25) is 11.8 Å². The van der Waals surface area contributed by atoms with Gasteiger partial charge >= 0.3 is 5.69 Å². The van der Waals surface area contributed by atoms with Crippen LogP contribution in [0.1, 0.15) is 0 Å². The van der Waals surface area contributed by atoms with E-state index in [1.807, 2.05) is 0 Å². The number of aromatic nitrogens is 2. The molecule has 1 aromatic heterocycles. The van der Waals surface area contributed by atoms with Crippen molar-refractivity contribution in [3.63, 3.8) is 0 Å². The number of rotatable bonds is 4. The SMILES string of the molecule is COc1cc(F)c([N+](=O)[O-])cc1Nc1ncccn1. The molecule has 2 aromatic rings. The Balaban J connectivity index is 2.43. The number of hydrogen-bond acceptors (Lipinski definition) is 6. The van der Waals surface area contributed by atoms with Gasteiger partial charge in [-0.1, -0.05) is 0 Å². The summed E-state index contributed by atoms with van der Waals surface area (Å²) >= 11 is 0. The molecule has 0 unspecified atom stereocenters. The molecule has 1 aromatic carbocycles. The molecule has 0 fully saturated rings. The molecule has 2 rings (SSSR count). The van der Waals surface area contributed by atoms with E-state index in [-0.39, 0.29) is 17.4 Å². The number of anilines is 2. The molecular weight excluding hydrogens is 255 g/mol. The molecule has 0 bridgehead atoms. The van der Waals surface area contributed by atoms with Gasteiger partial charge in [-0.25, -0.2) is 9.97 Å². The summed E-state index contributed by atoms with van der Waals surface area (Å²) in [6.45, 7) is 0. The second kappa shape index (κ2) is 5.25. The molecule has 1 heterocycles. The molecular formula is C11H9FN4O3. The standard InChI is InChI=1S/C11H9FN4O3/c1-19-10-5-7(12)9(16(17)18)6-8(10)15-11-13-3-2-4-14-11/h2-6H,1H3,(H,13,14,15). The Hall–Kier alpha value is -2.77. The summed E-state index contributed by atoms with van der Waals surface area (Å²) in [4.78, 5) is 17.7. The van der Waals surface area contributed by atoms with Crippen molar-refractivity contribution in [1.82, 2.24) is 9.97 Å². The Morgan fingerprint density at radius 2 is 2.05 bits per heavy atom. The van der Waals surface area contributed by atoms with Crippen LogP contribution in [0.2, 0.25) is 0 Å². The average Bonchev–Trinajstić information content (AvgIpc) is 2.41. The van der Waals surface area contributed by atoms with Crippen LogP contribution in [0.25, 0.3) is 0 Å². The molecule has 19 heavy (non-hydrogen) atoms. The van der Waals surface area contributed by atoms with Gasteiger partial charge in [0.15, 0.2) is 0 Å². The third-order valence-electron chi connectivity index (χ3n) is 2.28. The van der Waals surface area contributed by atoms with Crippen LogP contribution in [-0.4, -0.2) is 22.0 Å². The van der Waals surface area contributed by atoms with Crippen LogP contribution in [0.4, 0.5) is 21.7 Å². The van der Waals surface area contributed by atoms with Crippen molar-refractivity contribution in [2.75, 3.05) is 12.4 Å². The van der Waals surface area contributed by atoms with Gasteiger partial charge in [-0.05, 0) is 6.07 Å². The van der Waals surface area contributed by atoms with E-state index in [4.69, 9.17) is 4.74 Å². The Morgan fingerprint density at radius 3 is 2.63 bits per heavy atom. The number of nitrogens with zero attached hydrogens (tertiary/aromatic N) is 3. The van der Waals surface area contributed by atoms with Crippen molar-refractivity contribution in [3.8, 4) is 5.75 Å². The zero-order valence-corrected chi connectivity index (χ0v) is 9.83. The fourth-order valence-corrected chi connectivity index (χ4v) is 1.43. The Bertz CT molecular complexity index is 606. The minimum atomic E-state index is -0.971. The number of nitro groups is 1. The molecule has 98 valence electrons. The summed E-state index contributed by atoms with van der Waals surface area (Å²) in [5.74, 6) is -0.626. The fraction of sp³-hybridized carbons (Fsp3) is 0.0909. The number of nitrogens with one attached hydrogen (secondary N) is 1. The topological polar surface area (TPSA) is 90.2 Å². The molecule has 0 atom stereocenters. The van der Waals surface area contributed by atoms with Gasteiger partial charge in [-0.15, -0.1) is 0 Å². The molecule has 0 radical (unpaired) electrons. The lowest BCUT2D eigenvalue weighted by Gasteiger charge is -2.09. The highest BCUT2D eigenvalue weighted by Crippen LogP contribution is 2.32. The first-order valence-corrected chi connectivity index (χ1v) is 5.18. The minimum absolute atomic E-state index is 0.121. The first-order valence-electron chi connectivity index (χ1n) is 5.18. The van der Waals surface area contributed by atoms with E-state index in [9.17, 15) is 14.5 Å². The summed E-state index contributed by atoms with van der Waals surface area (Å²) in [6.07, 6.45) is 3.00. The maximum absolute atomic E-state index is 13.4. The van der Waals surface area contributed by atoms with Crippen LogP contribution >= 0.6 is 0 Å². The summed E-state index contributed by atoms with van der Waals surface area (Å²) in [5.41, 5.74) is -0.443. The highest BCUT2D eigenvalue weighted by Gasteiger charge is 2.19. The molecule has 0 aliphatic heterocycles. The predicted octanol–water partition coefficient (Wildman–Crippen LogP) is 2.28. The van der Waals surface area contributed by atoms with Crippen molar-refractivity contribution in [2.24, 2.45) is 0 Å². The monoisotopic (exact) mass is 264 g/mol. The van der Waals surface area contributed by atoms with Gasteiger partial charge in [0.1, 0.15) is 5.75 Å². The van der Waals surface area contributed by atoms with Crippen molar-refractivity contribution in [1.29, 1.82) is 0 Å². The third kappa shape index (κ3) is 2.73. The van der Waals surface area contributed by atoms with E-state index in [1.54, 1.807) is 6.07 Å². The highest BCUT2D eigenvalue weighted by atomic mass is 19.1. The quantitative estimate of drug-likeness (QED) is 0.673. The maximum Gasteiger partial charge on any atom is 0.307 e. The van der Waals surface area contributed by atoms with Gasteiger partial charge in [-0.2, -0.15) is 4.39 Å². The van der Waals surface area contributed by atoms with Crippen molar-refractivity contribution in [2.45, 2.75) is 0 Å². The second-order valence-corrected chi connectivity index (χ2v) is 3.46. The van der Waals surface area contributed by atoms with Crippen LogP contribution < -0.4 is 10.1 Å².